The van der Waals surface area contributed by atoms with Gasteiger partial charge in [0.1, 0.15) is 5.01 Å². The van der Waals surface area contributed by atoms with E-state index in [9.17, 15) is 5.11 Å². The summed E-state index contributed by atoms with van der Waals surface area (Å²) in [6, 6.07) is 8.36. The number of β-amino-alcohol motifs (C(OH)–C–C–N with tert-alkyl or cyclic N) is 1. The Morgan fingerprint density at radius 1 is 1.43 bits per heavy atom. The highest BCUT2D eigenvalue weighted by atomic mass is 35.5. The molecule has 0 saturated carbocycles. The van der Waals surface area contributed by atoms with Gasteiger partial charge in [-0.15, -0.1) is 22.9 Å². The van der Waals surface area contributed by atoms with Crippen LogP contribution in [0.2, 0.25) is 0 Å². The zero-order valence-electron chi connectivity index (χ0n) is 12.1. The Hall–Kier alpha value is -0.940. The van der Waals surface area contributed by atoms with Crippen LogP contribution in [0.5, 0.6) is 0 Å². The molecule has 3 rings (SSSR count). The highest BCUT2D eigenvalue weighted by Crippen LogP contribution is 2.30. The van der Waals surface area contributed by atoms with Gasteiger partial charge in [-0.25, -0.2) is 4.98 Å². The second kappa shape index (κ2) is 6.05. The van der Waals surface area contributed by atoms with E-state index in [0.29, 0.717) is 5.88 Å². The van der Waals surface area contributed by atoms with Gasteiger partial charge in [-0.05, 0) is 18.9 Å². The van der Waals surface area contributed by atoms with Crippen molar-refractivity contribution >= 4 is 22.9 Å². The number of hydrogen-bond acceptors (Lipinski definition) is 4. The first-order chi connectivity index (χ1) is 10.1. The molecular weight excluding hydrogens is 304 g/mol. The van der Waals surface area contributed by atoms with Crippen molar-refractivity contribution in [3.63, 3.8) is 0 Å². The Bertz CT molecular complexity index is 626. The fourth-order valence-corrected chi connectivity index (χ4v) is 3.88. The fourth-order valence-electron chi connectivity index (χ4n) is 2.77. The zero-order chi connectivity index (χ0) is 14.9. The molecule has 1 unspecified atom stereocenters. The molecule has 5 heteroatoms. The highest BCUT2D eigenvalue weighted by Gasteiger charge is 2.31. The second-order valence-electron chi connectivity index (χ2n) is 5.89. The van der Waals surface area contributed by atoms with Crippen LogP contribution in [0, 0.1) is 0 Å². The van der Waals surface area contributed by atoms with E-state index in [1.807, 2.05) is 18.4 Å². The van der Waals surface area contributed by atoms with Crippen LogP contribution in [0.1, 0.15) is 24.6 Å². The molecule has 2 heterocycles. The van der Waals surface area contributed by atoms with Crippen molar-refractivity contribution in [3.8, 4) is 10.6 Å². The number of benzene rings is 1. The predicted molar refractivity (Wildman–Crippen MR) is 87.6 cm³/mol. The molecule has 0 bridgehead atoms. The van der Waals surface area contributed by atoms with Crippen molar-refractivity contribution in [2.24, 2.45) is 0 Å². The topological polar surface area (TPSA) is 36.4 Å². The monoisotopic (exact) mass is 322 g/mol. The molecule has 1 aliphatic rings. The molecule has 112 valence electrons. The zero-order valence-corrected chi connectivity index (χ0v) is 13.6. The number of aliphatic hydroxyl groups is 1. The third-order valence-electron chi connectivity index (χ3n) is 3.86. The Kier molecular flexibility index (Phi) is 4.31. The molecule has 1 fully saturated rings. The summed E-state index contributed by atoms with van der Waals surface area (Å²) in [4.78, 5) is 6.88. The average molecular weight is 323 g/mol. The van der Waals surface area contributed by atoms with E-state index in [1.54, 1.807) is 11.3 Å². The summed E-state index contributed by atoms with van der Waals surface area (Å²) in [5, 5.41) is 13.1. The molecule has 1 atom stereocenters. The van der Waals surface area contributed by atoms with Crippen molar-refractivity contribution in [2.75, 3.05) is 13.1 Å². The van der Waals surface area contributed by atoms with Gasteiger partial charge in [-0.1, -0.05) is 24.3 Å². The van der Waals surface area contributed by atoms with Gasteiger partial charge in [0.15, 0.2) is 0 Å². The standard InChI is InChI=1S/C16H19ClN2OS/c1-16(20)6-7-19(11-16)9-12-4-2-3-5-14(12)15-18-13(8-17)10-21-15/h2-5,10,20H,6-9,11H2,1H3. The molecule has 1 aromatic heterocycles. The minimum Gasteiger partial charge on any atom is -0.389 e. The number of thiazole rings is 1. The van der Waals surface area contributed by atoms with Crippen LogP contribution in [-0.2, 0) is 12.4 Å². The smallest absolute Gasteiger partial charge is 0.123 e. The average Bonchev–Trinajstić information content (AvgIpc) is 3.06. The van der Waals surface area contributed by atoms with E-state index in [4.69, 9.17) is 11.6 Å². The van der Waals surface area contributed by atoms with Gasteiger partial charge in [-0.3, -0.25) is 4.90 Å². The van der Waals surface area contributed by atoms with Crippen LogP contribution in [0.4, 0.5) is 0 Å². The van der Waals surface area contributed by atoms with Crippen LogP contribution in [0.15, 0.2) is 29.6 Å². The molecule has 0 amide bonds. The number of likely N-dealkylation sites (tertiary alicyclic amines) is 1. The number of aromatic nitrogens is 1. The largest absolute Gasteiger partial charge is 0.389 e. The summed E-state index contributed by atoms with van der Waals surface area (Å²) in [5.74, 6) is 0.452. The summed E-state index contributed by atoms with van der Waals surface area (Å²) in [7, 11) is 0. The molecule has 1 aliphatic heterocycles. The second-order valence-corrected chi connectivity index (χ2v) is 7.02. The highest BCUT2D eigenvalue weighted by molar-refractivity contribution is 7.13. The Morgan fingerprint density at radius 3 is 2.90 bits per heavy atom. The van der Waals surface area contributed by atoms with E-state index in [2.05, 4.69) is 28.1 Å². The quantitative estimate of drug-likeness (QED) is 0.875. The van der Waals surface area contributed by atoms with Crippen molar-refractivity contribution in [3.05, 3.63) is 40.9 Å². The number of hydrogen-bond donors (Lipinski definition) is 1. The molecule has 0 spiro atoms. The van der Waals surface area contributed by atoms with Gasteiger partial charge < -0.3 is 5.11 Å². The molecule has 1 N–H and O–H groups in total. The van der Waals surface area contributed by atoms with E-state index in [-0.39, 0.29) is 0 Å². The SMILES string of the molecule is CC1(O)CCN(Cc2ccccc2-c2nc(CCl)cs2)C1. The van der Waals surface area contributed by atoms with Crippen LogP contribution < -0.4 is 0 Å². The van der Waals surface area contributed by atoms with Crippen molar-refractivity contribution in [1.82, 2.24) is 9.88 Å². The Balaban J connectivity index is 1.83. The number of nitrogens with zero attached hydrogens (tertiary/aromatic N) is 2. The molecular formula is C16H19ClN2OS. The van der Waals surface area contributed by atoms with Crippen LogP contribution >= 0.6 is 22.9 Å². The lowest BCUT2D eigenvalue weighted by Crippen LogP contribution is -2.29. The van der Waals surface area contributed by atoms with Gasteiger partial charge in [0, 0.05) is 30.6 Å². The number of rotatable bonds is 4. The van der Waals surface area contributed by atoms with Crippen molar-refractivity contribution < 1.29 is 5.11 Å². The lowest BCUT2D eigenvalue weighted by atomic mass is 10.1. The van der Waals surface area contributed by atoms with E-state index in [1.165, 1.54) is 11.1 Å². The summed E-state index contributed by atoms with van der Waals surface area (Å²) in [6.45, 7) is 4.42. The van der Waals surface area contributed by atoms with Crippen LogP contribution in [0.25, 0.3) is 10.6 Å². The molecule has 21 heavy (non-hydrogen) atoms. The van der Waals surface area contributed by atoms with Crippen molar-refractivity contribution in [1.29, 1.82) is 0 Å². The summed E-state index contributed by atoms with van der Waals surface area (Å²) in [6.07, 6.45) is 0.836. The first-order valence-corrected chi connectivity index (χ1v) is 8.52. The normalized spacial score (nSPS) is 22.8. The van der Waals surface area contributed by atoms with Gasteiger partial charge >= 0.3 is 0 Å². The number of halogens is 1. The van der Waals surface area contributed by atoms with Crippen LogP contribution in [0.3, 0.4) is 0 Å². The minimum atomic E-state index is -0.554. The van der Waals surface area contributed by atoms with Gasteiger partial charge in [0.2, 0.25) is 0 Å². The molecule has 0 radical (unpaired) electrons. The molecule has 2 aromatic rings. The van der Waals surface area contributed by atoms with Crippen molar-refractivity contribution in [2.45, 2.75) is 31.4 Å². The summed E-state index contributed by atoms with van der Waals surface area (Å²) >= 11 is 7.48. The third-order valence-corrected chi connectivity index (χ3v) is 5.06. The molecule has 3 nitrogen and oxygen atoms in total. The Labute approximate surface area is 134 Å². The van der Waals surface area contributed by atoms with E-state index in [0.717, 1.165) is 36.8 Å². The maximum atomic E-state index is 10.1. The first kappa shape index (κ1) is 15.0. The lowest BCUT2D eigenvalue weighted by Gasteiger charge is -2.19. The maximum Gasteiger partial charge on any atom is 0.123 e. The predicted octanol–water partition coefficient (Wildman–Crippen LogP) is 3.51. The molecule has 1 saturated heterocycles. The Morgan fingerprint density at radius 2 is 2.24 bits per heavy atom. The van der Waals surface area contributed by atoms with E-state index >= 15 is 0 Å². The maximum absolute atomic E-state index is 10.1. The van der Waals surface area contributed by atoms with Gasteiger partial charge in [0.05, 0.1) is 17.2 Å². The molecule has 1 aromatic carbocycles. The summed E-state index contributed by atoms with van der Waals surface area (Å²) < 4.78 is 0. The number of alkyl halides is 1. The van der Waals surface area contributed by atoms with E-state index < -0.39 is 5.60 Å². The van der Waals surface area contributed by atoms with Gasteiger partial charge in [0.25, 0.3) is 0 Å². The first-order valence-electron chi connectivity index (χ1n) is 7.11. The minimum absolute atomic E-state index is 0.452. The van der Waals surface area contributed by atoms with Crippen LogP contribution in [-0.4, -0.2) is 33.7 Å². The summed E-state index contributed by atoms with van der Waals surface area (Å²) in [5.41, 5.74) is 2.80. The lowest BCUT2D eigenvalue weighted by molar-refractivity contribution is 0.0679. The third kappa shape index (κ3) is 3.46. The fraction of sp³-hybridized carbons (Fsp3) is 0.438. The van der Waals surface area contributed by atoms with Gasteiger partial charge in [-0.2, -0.15) is 0 Å². The molecule has 0 aliphatic carbocycles.